The number of hydrogen-bond acceptors (Lipinski definition) is 4. The van der Waals surface area contributed by atoms with Crippen LogP contribution in [0.3, 0.4) is 0 Å². The maximum atomic E-state index is 13.3. The van der Waals surface area contributed by atoms with E-state index in [9.17, 15) is 14.3 Å². The summed E-state index contributed by atoms with van der Waals surface area (Å²) in [6.45, 7) is -0.169. The summed E-state index contributed by atoms with van der Waals surface area (Å²) in [6, 6.07) is 4.02. The first-order valence-electron chi connectivity index (χ1n) is 5.92. The van der Waals surface area contributed by atoms with Gasteiger partial charge in [-0.1, -0.05) is 17.8 Å². The molecule has 0 atom stereocenters. The van der Waals surface area contributed by atoms with E-state index in [1.807, 2.05) is 6.08 Å². The molecule has 0 spiro atoms. The highest BCUT2D eigenvalue weighted by atomic mass is 32.2. The van der Waals surface area contributed by atoms with E-state index >= 15 is 0 Å². The van der Waals surface area contributed by atoms with Gasteiger partial charge >= 0.3 is 5.97 Å². The third kappa shape index (κ3) is 2.19. The van der Waals surface area contributed by atoms with Crippen molar-refractivity contribution in [2.24, 2.45) is 0 Å². The SMILES string of the molecule is O=C1OC2=C(CCC=C2CO)Sc2cc(F)ccc21. The molecule has 1 aliphatic carbocycles. The molecule has 0 saturated carbocycles. The van der Waals surface area contributed by atoms with Crippen molar-refractivity contribution in [3.05, 3.63) is 51.9 Å². The topological polar surface area (TPSA) is 46.5 Å². The molecule has 1 N–H and O–H groups in total. The summed E-state index contributed by atoms with van der Waals surface area (Å²) < 4.78 is 18.6. The number of ether oxygens (including phenoxy) is 1. The van der Waals surface area contributed by atoms with Crippen molar-refractivity contribution >= 4 is 17.7 Å². The van der Waals surface area contributed by atoms with E-state index in [0.717, 1.165) is 17.7 Å². The highest BCUT2D eigenvalue weighted by molar-refractivity contribution is 8.03. The molecular weight excluding hydrogens is 267 g/mol. The smallest absolute Gasteiger partial charge is 0.344 e. The van der Waals surface area contributed by atoms with E-state index in [4.69, 9.17) is 4.74 Å². The summed E-state index contributed by atoms with van der Waals surface area (Å²) >= 11 is 1.34. The quantitative estimate of drug-likeness (QED) is 0.802. The van der Waals surface area contributed by atoms with E-state index in [-0.39, 0.29) is 12.4 Å². The normalized spacial score (nSPS) is 18.2. The second-order valence-electron chi connectivity index (χ2n) is 4.31. The number of allylic oxidation sites excluding steroid dienone is 2. The molecular formula is C14H11FO3S. The number of thioether (sulfide) groups is 1. The van der Waals surface area contributed by atoms with Gasteiger partial charge in [0.15, 0.2) is 0 Å². The van der Waals surface area contributed by atoms with Crippen LogP contribution in [-0.2, 0) is 4.74 Å². The van der Waals surface area contributed by atoms with Crippen molar-refractivity contribution in [2.75, 3.05) is 6.61 Å². The average Bonchev–Trinajstić information content (AvgIpc) is 2.53. The zero-order chi connectivity index (χ0) is 13.4. The molecule has 1 aromatic rings. The van der Waals surface area contributed by atoms with Gasteiger partial charge < -0.3 is 9.84 Å². The summed E-state index contributed by atoms with van der Waals surface area (Å²) in [5.41, 5.74) is 0.980. The Morgan fingerprint density at radius 3 is 3.05 bits per heavy atom. The van der Waals surface area contributed by atoms with Crippen LogP contribution >= 0.6 is 11.8 Å². The molecule has 0 fully saturated rings. The molecule has 0 aromatic heterocycles. The van der Waals surface area contributed by atoms with Crippen molar-refractivity contribution in [2.45, 2.75) is 17.7 Å². The van der Waals surface area contributed by atoms with Crippen LogP contribution in [0.2, 0.25) is 0 Å². The number of esters is 1. The Labute approximate surface area is 113 Å². The Kier molecular flexibility index (Phi) is 3.16. The number of carbonyl (C=O) groups excluding carboxylic acids is 1. The largest absolute Gasteiger partial charge is 0.422 e. The van der Waals surface area contributed by atoms with Crippen molar-refractivity contribution in [3.63, 3.8) is 0 Å². The fourth-order valence-corrected chi connectivity index (χ4v) is 3.33. The molecule has 0 saturated heterocycles. The standard InChI is InChI=1S/C14H11FO3S/c15-9-4-5-10-12(6-9)19-11-3-1-2-8(7-16)13(11)18-14(10)17/h2,4-6,16H,1,3,7H2. The van der Waals surface area contributed by atoms with Crippen LogP contribution < -0.4 is 0 Å². The number of carbonyl (C=O) groups is 1. The molecule has 0 unspecified atom stereocenters. The predicted octanol–water partition coefficient (Wildman–Crippen LogP) is 3.01. The molecule has 5 heteroatoms. The van der Waals surface area contributed by atoms with Crippen LogP contribution in [0.5, 0.6) is 0 Å². The maximum absolute atomic E-state index is 13.3. The third-order valence-corrected chi connectivity index (χ3v) is 4.26. The van der Waals surface area contributed by atoms with Crippen LogP contribution in [0.1, 0.15) is 23.2 Å². The van der Waals surface area contributed by atoms with Gasteiger partial charge in [-0.3, -0.25) is 0 Å². The molecule has 0 amide bonds. The first-order chi connectivity index (χ1) is 9.19. The van der Waals surface area contributed by atoms with Crippen LogP contribution in [0, 0.1) is 5.82 Å². The number of rotatable bonds is 1. The number of hydrogen-bond donors (Lipinski definition) is 1. The molecule has 3 nitrogen and oxygen atoms in total. The lowest BCUT2D eigenvalue weighted by Crippen LogP contribution is -2.10. The van der Waals surface area contributed by atoms with Crippen LogP contribution in [0.25, 0.3) is 0 Å². The van der Waals surface area contributed by atoms with E-state index in [1.54, 1.807) is 0 Å². The third-order valence-electron chi connectivity index (χ3n) is 3.07. The van der Waals surface area contributed by atoms with Gasteiger partial charge in [-0.05, 0) is 31.0 Å². The second kappa shape index (κ2) is 4.83. The van der Waals surface area contributed by atoms with Gasteiger partial charge in [-0.15, -0.1) is 0 Å². The van der Waals surface area contributed by atoms with Crippen LogP contribution in [-0.4, -0.2) is 17.7 Å². The van der Waals surface area contributed by atoms with Crippen molar-refractivity contribution in [3.8, 4) is 0 Å². The average molecular weight is 278 g/mol. The molecule has 1 aliphatic heterocycles. The number of aliphatic hydroxyl groups excluding tert-OH is 1. The van der Waals surface area contributed by atoms with E-state index in [0.29, 0.717) is 21.8 Å². The van der Waals surface area contributed by atoms with E-state index < -0.39 is 5.97 Å². The minimum absolute atomic E-state index is 0.169. The van der Waals surface area contributed by atoms with Crippen molar-refractivity contribution < 1.29 is 19.0 Å². The fourth-order valence-electron chi connectivity index (χ4n) is 2.15. The van der Waals surface area contributed by atoms with E-state index in [1.165, 1.54) is 30.0 Å². The summed E-state index contributed by atoms with van der Waals surface area (Å²) in [7, 11) is 0. The van der Waals surface area contributed by atoms with Gasteiger partial charge in [0.2, 0.25) is 0 Å². The summed E-state index contributed by atoms with van der Waals surface area (Å²) in [6.07, 6.45) is 3.37. The van der Waals surface area contributed by atoms with Crippen LogP contribution in [0.15, 0.2) is 45.4 Å². The van der Waals surface area contributed by atoms with Crippen molar-refractivity contribution in [1.29, 1.82) is 0 Å². The lowest BCUT2D eigenvalue weighted by Gasteiger charge is -2.17. The number of benzene rings is 1. The first-order valence-corrected chi connectivity index (χ1v) is 6.73. The molecule has 0 bridgehead atoms. The molecule has 1 aromatic carbocycles. The fraction of sp³-hybridized carbons (Fsp3) is 0.214. The van der Waals surface area contributed by atoms with E-state index in [2.05, 4.69) is 0 Å². The first kappa shape index (κ1) is 12.4. The summed E-state index contributed by atoms with van der Waals surface area (Å²) in [4.78, 5) is 13.5. The molecule has 0 radical (unpaired) electrons. The monoisotopic (exact) mass is 278 g/mol. The minimum atomic E-state index is -0.506. The Balaban J connectivity index is 2.09. The Bertz CT molecular complexity index is 619. The Morgan fingerprint density at radius 2 is 2.26 bits per heavy atom. The summed E-state index contributed by atoms with van der Waals surface area (Å²) in [5, 5.41) is 9.31. The Hall–Kier alpha value is -1.59. The maximum Gasteiger partial charge on any atom is 0.344 e. The second-order valence-corrected chi connectivity index (χ2v) is 5.45. The van der Waals surface area contributed by atoms with Gasteiger partial charge in [0.1, 0.15) is 11.6 Å². The lowest BCUT2D eigenvalue weighted by atomic mass is 10.1. The highest BCUT2D eigenvalue weighted by Crippen LogP contribution is 2.42. The van der Waals surface area contributed by atoms with Gasteiger partial charge in [0.05, 0.1) is 12.2 Å². The highest BCUT2D eigenvalue weighted by Gasteiger charge is 2.27. The number of halogens is 1. The minimum Gasteiger partial charge on any atom is -0.422 e. The van der Waals surface area contributed by atoms with Gasteiger partial charge in [-0.25, -0.2) is 9.18 Å². The van der Waals surface area contributed by atoms with Crippen molar-refractivity contribution in [1.82, 2.24) is 0 Å². The van der Waals surface area contributed by atoms with Gasteiger partial charge in [-0.2, -0.15) is 0 Å². The molecule has 98 valence electrons. The zero-order valence-corrected chi connectivity index (χ0v) is 10.8. The van der Waals surface area contributed by atoms with Crippen LogP contribution in [0.4, 0.5) is 4.39 Å². The Morgan fingerprint density at radius 1 is 1.42 bits per heavy atom. The lowest BCUT2D eigenvalue weighted by molar-refractivity contribution is 0.0623. The molecule has 3 rings (SSSR count). The van der Waals surface area contributed by atoms with Gasteiger partial charge in [0.25, 0.3) is 0 Å². The molecule has 1 heterocycles. The number of fused-ring (bicyclic) bond motifs is 1. The van der Waals surface area contributed by atoms with Gasteiger partial charge in [0, 0.05) is 15.4 Å². The summed E-state index contributed by atoms with van der Waals surface area (Å²) in [5.74, 6) is -0.453. The predicted molar refractivity (Wildman–Crippen MR) is 69.1 cm³/mol. The molecule has 19 heavy (non-hydrogen) atoms. The number of aliphatic hydroxyl groups is 1. The zero-order valence-electron chi connectivity index (χ0n) is 9.98. The molecule has 2 aliphatic rings.